The second kappa shape index (κ2) is 9.77. The lowest BCUT2D eigenvalue weighted by Gasteiger charge is -2.35. The standard InChI is InChI=1S/C25H29FN4O4/c1-25(13-31)14-32-23(33-15-25)22-29-20(16-7-9-17(26)10-8-16)21(30-22)19-11-12-27-24(28-19)34-18-5-3-2-4-6-18/h7-12,18,23,31H,2-6,13-15H2,1H3,(H,29,30). The number of H-pyrrole nitrogens is 1. The Morgan fingerprint density at radius 1 is 1.09 bits per heavy atom. The van der Waals surface area contributed by atoms with E-state index in [0.717, 1.165) is 31.2 Å². The number of halogens is 1. The van der Waals surface area contributed by atoms with Gasteiger partial charge in [-0.15, -0.1) is 0 Å². The Bertz CT molecular complexity index is 1110. The Kier molecular flexibility index (Phi) is 6.58. The summed E-state index contributed by atoms with van der Waals surface area (Å²) in [7, 11) is 0. The van der Waals surface area contributed by atoms with Crippen LogP contribution in [0.5, 0.6) is 6.01 Å². The quantitative estimate of drug-likeness (QED) is 0.552. The fourth-order valence-corrected chi connectivity index (χ4v) is 4.27. The van der Waals surface area contributed by atoms with Gasteiger partial charge in [0.1, 0.15) is 11.9 Å². The molecule has 3 heterocycles. The van der Waals surface area contributed by atoms with Crippen LogP contribution in [-0.2, 0) is 9.47 Å². The van der Waals surface area contributed by atoms with E-state index >= 15 is 0 Å². The van der Waals surface area contributed by atoms with Gasteiger partial charge in [0.05, 0.1) is 36.9 Å². The van der Waals surface area contributed by atoms with Crippen LogP contribution < -0.4 is 4.74 Å². The summed E-state index contributed by atoms with van der Waals surface area (Å²) in [4.78, 5) is 17.0. The zero-order valence-electron chi connectivity index (χ0n) is 19.2. The summed E-state index contributed by atoms with van der Waals surface area (Å²) in [6.45, 7) is 2.54. The highest BCUT2D eigenvalue weighted by Gasteiger charge is 2.34. The zero-order chi connectivity index (χ0) is 23.5. The summed E-state index contributed by atoms with van der Waals surface area (Å²) in [6.07, 6.45) is 6.63. The van der Waals surface area contributed by atoms with Crippen LogP contribution in [0.25, 0.3) is 22.6 Å². The van der Waals surface area contributed by atoms with Gasteiger partial charge in [0, 0.05) is 17.2 Å². The molecule has 0 atom stereocenters. The molecule has 180 valence electrons. The van der Waals surface area contributed by atoms with Crippen molar-refractivity contribution in [1.82, 2.24) is 19.9 Å². The second-order valence-corrected chi connectivity index (χ2v) is 9.38. The first-order valence-electron chi connectivity index (χ1n) is 11.7. The predicted molar refractivity (Wildman–Crippen MR) is 122 cm³/mol. The van der Waals surface area contributed by atoms with Crippen LogP contribution in [0.15, 0.2) is 36.5 Å². The van der Waals surface area contributed by atoms with Gasteiger partial charge in [-0.05, 0) is 56.0 Å². The zero-order valence-corrected chi connectivity index (χ0v) is 19.2. The summed E-state index contributed by atoms with van der Waals surface area (Å²) in [5.41, 5.74) is 2.11. The minimum absolute atomic E-state index is 0.0331. The first kappa shape index (κ1) is 22.9. The van der Waals surface area contributed by atoms with Crippen molar-refractivity contribution in [3.8, 4) is 28.7 Å². The third-order valence-corrected chi connectivity index (χ3v) is 6.32. The number of rotatable bonds is 6. The van der Waals surface area contributed by atoms with E-state index < -0.39 is 11.7 Å². The van der Waals surface area contributed by atoms with E-state index in [4.69, 9.17) is 19.2 Å². The number of aromatic amines is 1. The maximum atomic E-state index is 13.6. The van der Waals surface area contributed by atoms with Gasteiger partial charge in [-0.1, -0.05) is 13.3 Å². The molecular weight excluding hydrogens is 439 g/mol. The molecule has 3 aromatic rings. The van der Waals surface area contributed by atoms with Gasteiger partial charge in [0.25, 0.3) is 0 Å². The predicted octanol–water partition coefficient (Wildman–Crippen LogP) is 4.43. The molecule has 1 saturated heterocycles. The maximum absolute atomic E-state index is 13.6. The monoisotopic (exact) mass is 468 g/mol. The summed E-state index contributed by atoms with van der Waals surface area (Å²) in [5.74, 6) is 0.149. The normalized spacial score (nSPS) is 23.7. The molecule has 1 aromatic carbocycles. The number of ether oxygens (including phenoxy) is 3. The van der Waals surface area contributed by atoms with Crippen LogP contribution in [0.1, 0.15) is 51.1 Å². The highest BCUT2D eigenvalue weighted by Crippen LogP contribution is 2.35. The fourth-order valence-electron chi connectivity index (χ4n) is 4.27. The molecule has 2 aromatic heterocycles. The third kappa shape index (κ3) is 4.96. The second-order valence-electron chi connectivity index (χ2n) is 9.38. The highest BCUT2D eigenvalue weighted by atomic mass is 19.1. The first-order chi connectivity index (χ1) is 16.5. The molecule has 0 amide bonds. The average molecular weight is 469 g/mol. The van der Waals surface area contributed by atoms with E-state index in [-0.39, 0.29) is 18.5 Å². The van der Waals surface area contributed by atoms with Gasteiger partial charge in [0.15, 0.2) is 5.82 Å². The van der Waals surface area contributed by atoms with Gasteiger partial charge in [-0.3, -0.25) is 0 Å². The average Bonchev–Trinajstić information content (AvgIpc) is 3.31. The lowest BCUT2D eigenvalue weighted by Crippen LogP contribution is -2.39. The summed E-state index contributed by atoms with van der Waals surface area (Å²) in [6, 6.07) is 8.24. The Morgan fingerprint density at radius 2 is 1.82 bits per heavy atom. The van der Waals surface area contributed by atoms with Crippen molar-refractivity contribution in [2.24, 2.45) is 5.41 Å². The van der Waals surface area contributed by atoms with E-state index in [1.54, 1.807) is 24.4 Å². The Balaban J connectivity index is 1.47. The molecule has 2 aliphatic rings. The maximum Gasteiger partial charge on any atom is 0.317 e. The van der Waals surface area contributed by atoms with Crippen LogP contribution in [0.2, 0.25) is 0 Å². The molecule has 0 spiro atoms. The van der Waals surface area contributed by atoms with Crippen molar-refractivity contribution >= 4 is 0 Å². The smallest absolute Gasteiger partial charge is 0.317 e. The van der Waals surface area contributed by atoms with Crippen molar-refractivity contribution in [3.05, 3.63) is 48.2 Å². The van der Waals surface area contributed by atoms with Crippen LogP contribution in [-0.4, -0.2) is 51.0 Å². The van der Waals surface area contributed by atoms with Crippen molar-refractivity contribution < 1.29 is 23.7 Å². The molecular formula is C25H29FN4O4. The fraction of sp³-hybridized carbons (Fsp3) is 0.480. The lowest BCUT2D eigenvalue weighted by atomic mass is 9.94. The van der Waals surface area contributed by atoms with Crippen LogP contribution in [0.3, 0.4) is 0 Å². The number of imidazole rings is 1. The van der Waals surface area contributed by atoms with Crippen molar-refractivity contribution in [2.75, 3.05) is 19.8 Å². The van der Waals surface area contributed by atoms with E-state index in [2.05, 4.69) is 15.0 Å². The number of aromatic nitrogens is 4. The van der Waals surface area contributed by atoms with E-state index in [9.17, 15) is 9.50 Å². The molecule has 1 aliphatic heterocycles. The number of aliphatic hydroxyl groups excluding tert-OH is 1. The topological polar surface area (TPSA) is 102 Å². The first-order valence-corrected chi connectivity index (χ1v) is 11.7. The summed E-state index contributed by atoms with van der Waals surface area (Å²) in [5, 5.41) is 9.58. The molecule has 0 radical (unpaired) electrons. The Morgan fingerprint density at radius 3 is 2.53 bits per heavy atom. The van der Waals surface area contributed by atoms with Crippen LogP contribution in [0, 0.1) is 11.2 Å². The number of nitrogens with one attached hydrogen (secondary N) is 1. The van der Waals surface area contributed by atoms with Crippen LogP contribution in [0.4, 0.5) is 4.39 Å². The molecule has 5 rings (SSSR count). The van der Waals surface area contributed by atoms with E-state index in [0.29, 0.717) is 42.1 Å². The molecule has 1 saturated carbocycles. The van der Waals surface area contributed by atoms with Crippen molar-refractivity contribution in [3.63, 3.8) is 0 Å². The molecule has 0 unspecified atom stereocenters. The number of benzene rings is 1. The van der Waals surface area contributed by atoms with E-state index in [1.165, 1.54) is 18.6 Å². The summed E-state index contributed by atoms with van der Waals surface area (Å²) < 4.78 is 31.4. The van der Waals surface area contributed by atoms with Gasteiger partial charge in [-0.2, -0.15) is 4.98 Å². The largest absolute Gasteiger partial charge is 0.460 e. The third-order valence-electron chi connectivity index (χ3n) is 6.32. The molecule has 0 bridgehead atoms. The lowest BCUT2D eigenvalue weighted by molar-refractivity contribution is -0.239. The Labute approximate surface area is 197 Å². The van der Waals surface area contributed by atoms with Crippen molar-refractivity contribution in [1.29, 1.82) is 0 Å². The number of nitrogens with zero attached hydrogens (tertiary/aromatic N) is 3. The number of hydrogen-bond acceptors (Lipinski definition) is 7. The number of aliphatic hydroxyl groups is 1. The van der Waals surface area contributed by atoms with Gasteiger partial charge in [0.2, 0.25) is 6.29 Å². The number of hydrogen-bond donors (Lipinski definition) is 2. The minimum Gasteiger partial charge on any atom is -0.460 e. The van der Waals surface area contributed by atoms with Crippen molar-refractivity contribution in [2.45, 2.75) is 51.4 Å². The van der Waals surface area contributed by atoms with Crippen LogP contribution >= 0.6 is 0 Å². The molecule has 2 fully saturated rings. The molecule has 2 N–H and O–H groups in total. The van der Waals surface area contributed by atoms with E-state index in [1.807, 2.05) is 6.92 Å². The molecule has 34 heavy (non-hydrogen) atoms. The summed E-state index contributed by atoms with van der Waals surface area (Å²) >= 11 is 0. The molecule has 1 aliphatic carbocycles. The van der Waals surface area contributed by atoms with Gasteiger partial charge < -0.3 is 24.3 Å². The molecule has 8 nitrogen and oxygen atoms in total. The molecule has 9 heteroatoms. The van der Waals surface area contributed by atoms with Gasteiger partial charge >= 0.3 is 6.01 Å². The highest BCUT2D eigenvalue weighted by molar-refractivity contribution is 5.76. The van der Waals surface area contributed by atoms with Gasteiger partial charge in [-0.25, -0.2) is 14.4 Å². The SMILES string of the molecule is CC1(CO)COC(c2nc(-c3ccc(F)cc3)c(-c3ccnc(OC4CCCCC4)n3)[nH]2)OC1. The Hall–Kier alpha value is -2.88. The minimum atomic E-state index is -0.715.